The maximum absolute atomic E-state index is 13.9. The normalized spacial score (nSPS) is 15.8. The summed E-state index contributed by atoms with van der Waals surface area (Å²) in [6.07, 6.45) is 0. The predicted octanol–water partition coefficient (Wildman–Crippen LogP) is 2.62. The topological polar surface area (TPSA) is 61.9 Å². The smallest absolute Gasteiger partial charge is 0.256 e. The van der Waals surface area contributed by atoms with Crippen LogP contribution in [0, 0.1) is 5.82 Å². The first kappa shape index (κ1) is 19.8. The van der Waals surface area contributed by atoms with E-state index in [0.29, 0.717) is 37.6 Å². The Kier molecular flexibility index (Phi) is 6.26. The van der Waals surface area contributed by atoms with Gasteiger partial charge in [-0.25, -0.2) is 4.39 Å². The molecule has 7 heteroatoms. The van der Waals surface area contributed by atoms with Crippen molar-refractivity contribution in [3.8, 4) is 5.75 Å². The Bertz CT molecular complexity index is 850. The van der Waals surface area contributed by atoms with Gasteiger partial charge in [0.05, 0.1) is 24.4 Å². The van der Waals surface area contributed by atoms with E-state index in [4.69, 9.17) is 4.74 Å². The molecule has 0 saturated carbocycles. The van der Waals surface area contributed by atoms with E-state index in [0.717, 1.165) is 0 Å². The van der Waals surface area contributed by atoms with Gasteiger partial charge < -0.3 is 15.0 Å². The number of carbonyl (C=O) groups excluding carboxylic acids is 2. The number of anilines is 1. The van der Waals surface area contributed by atoms with Crippen molar-refractivity contribution in [2.45, 2.75) is 13.0 Å². The third kappa shape index (κ3) is 4.31. The molecule has 148 valence electrons. The average Bonchev–Trinajstić information content (AvgIpc) is 2.73. The number of carbonyl (C=O) groups is 2. The third-order valence-electron chi connectivity index (χ3n) is 5.00. The second-order valence-corrected chi connectivity index (χ2v) is 6.67. The molecule has 0 radical (unpaired) electrons. The molecule has 0 spiro atoms. The molecule has 1 atom stereocenters. The number of amides is 2. The monoisotopic (exact) mass is 385 g/mol. The van der Waals surface area contributed by atoms with Crippen LogP contribution in [-0.2, 0) is 4.79 Å². The summed E-state index contributed by atoms with van der Waals surface area (Å²) in [7, 11) is 1.56. The number of hydrogen-bond acceptors (Lipinski definition) is 4. The van der Waals surface area contributed by atoms with Crippen LogP contribution in [-0.4, -0.2) is 60.9 Å². The van der Waals surface area contributed by atoms with Crippen LogP contribution in [0.25, 0.3) is 0 Å². The van der Waals surface area contributed by atoms with Crippen molar-refractivity contribution in [1.82, 2.24) is 9.80 Å². The van der Waals surface area contributed by atoms with Crippen LogP contribution in [0.4, 0.5) is 10.1 Å². The minimum absolute atomic E-state index is 0.0814. The van der Waals surface area contributed by atoms with Crippen LogP contribution in [0.15, 0.2) is 48.5 Å². The molecule has 1 heterocycles. The molecule has 1 unspecified atom stereocenters. The predicted molar refractivity (Wildman–Crippen MR) is 105 cm³/mol. The van der Waals surface area contributed by atoms with E-state index in [-0.39, 0.29) is 23.4 Å². The number of ether oxygens (including phenoxy) is 1. The van der Waals surface area contributed by atoms with Gasteiger partial charge in [-0.1, -0.05) is 24.3 Å². The lowest BCUT2D eigenvalue weighted by Gasteiger charge is -2.37. The quantitative estimate of drug-likeness (QED) is 0.860. The SMILES string of the molecule is COc1ccccc1NC(=O)C(C)N1CCN(C(=O)c2ccccc2F)CC1. The molecule has 3 rings (SSSR count). The molecule has 6 nitrogen and oxygen atoms in total. The van der Waals surface area contributed by atoms with Crippen molar-refractivity contribution in [3.05, 3.63) is 59.9 Å². The number of nitrogens with one attached hydrogen (secondary N) is 1. The van der Waals surface area contributed by atoms with Gasteiger partial charge in [-0.3, -0.25) is 14.5 Å². The molecule has 0 aliphatic carbocycles. The fourth-order valence-electron chi connectivity index (χ4n) is 3.27. The standard InChI is InChI=1S/C21H24FN3O3/c1-15(20(26)23-18-9-5-6-10-19(18)28-2)24-11-13-25(14-12-24)21(27)16-7-3-4-8-17(16)22/h3-10,15H,11-14H2,1-2H3,(H,23,26). The molecule has 1 aliphatic heterocycles. The van der Waals surface area contributed by atoms with Gasteiger partial charge in [0.1, 0.15) is 11.6 Å². The van der Waals surface area contributed by atoms with Crippen molar-refractivity contribution in [2.24, 2.45) is 0 Å². The minimum atomic E-state index is -0.514. The van der Waals surface area contributed by atoms with E-state index in [9.17, 15) is 14.0 Å². The molecule has 1 fully saturated rings. The van der Waals surface area contributed by atoms with Crippen molar-refractivity contribution >= 4 is 17.5 Å². The zero-order chi connectivity index (χ0) is 20.1. The first-order valence-corrected chi connectivity index (χ1v) is 9.23. The van der Waals surface area contributed by atoms with Crippen molar-refractivity contribution in [2.75, 3.05) is 38.6 Å². The van der Waals surface area contributed by atoms with Gasteiger partial charge in [0.25, 0.3) is 5.91 Å². The maximum Gasteiger partial charge on any atom is 0.256 e. The summed E-state index contributed by atoms with van der Waals surface area (Å²) < 4.78 is 19.1. The molecule has 28 heavy (non-hydrogen) atoms. The summed E-state index contributed by atoms with van der Waals surface area (Å²) in [5.41, 5.74) is 0.702. The second kappa shape index (κ2) is 8.84. The Balaban J connectivity index is 1.57. The number of benzene rings is 2. The Morgan fingerprint density at radius 2 is 1.68 bits per heavy atom. The Hall–Kier alpha value is -2.93. The number of methoxy groups -OCH3 is 1. The van der Waals surface area contributed by atoms with E-state index in [1.165, 1.54) is 12.1 Å². The Labute approximate surface area is 163 Å². The van der Waals surface area contributed by atoms with Gasteiger partial charge in [0.2, 0.25) is 5.91 Å². The highest BCUT2D eigenvalue weighted by Gasteiger charge is 2.29. The van der Waals surface area contributed by atoms with Gasteiger partial charge in [0.15, 0.2) is 0 Å². The zero-order valence-electron chi connectivity index (χ0n) is 16.0. The van der Waals surface area contributed by atoms with Gasteiger partial charge >= 0.3 is 0 Å². The molecule has 1 saturated heterocycles. The first-order chi connectivity index (χ1) is 13.5. The lowest BCUT2D eigenvalue weighted by molar-refractivity contribution is -0.121. The van der Waals surface area contributed by atoms with Gasteiger partial charge in [-0.05, 0) is 31.2 Å². The molecule has 0 bridgehead atoms. The minimum Gasteiger partial charge on any atom is -0.495 e. The van der Waals surface area contributed by atoms with E-state index in [1.807, 2.05) is 24.0 Å². The maximum atomic E-state index is 13.9. The van der Waals surface area contributed by atoms with Gasteiger partial charge in [0, 0.05) is 26.2 Å². The highest BCUT2D eigenvalue weighted by atomic mass is 19.1. The van der Waals surface area contributed by atoms with Crippen LogP contribution >= 0.6 is 0 Å². The van der Waals surface area contributed by atoms with Gasteiger partial charge in [-0.15, -0.1) is 0 Å². The summed E-state index contributed by atoms with van der Waals surface area (Å²) in [5.74, 6) is -0.370. The number of rotatable bonds is 5. The van der Waals surface area contributed by atoms with Crippen LogP contribution in [0.3, 0.4) is 0 Å². The van der Waals surface area contributed by atoms with Crippen LogP contribution in [0.2, 0.25) is 0 Å². The molecule has 2 amide bonds. The lowest BCUT2D eigenvalue weighted by Crippen LogP contribution is -2.54. The number of piperazine rings is 1. The van der Waals surface area contributed by atoms with Crippen LogP contribution in [0.5, 0.6) is 5.75 Å². The van der Waals surface area contributed by atoms with E-state index < -0.39 is 5.82 Å². The number of halogens is 1. The summed E-state index contributed by atoms with van der Waals surface area (Å²) in [5, 5.41) is 2.89. The van der Waals surface area contributed by atoms with E-state index >= 15 is 0 Å². The highest BCUT2D eigenvalue weighted by Crippen LogP contribution is 2.23. The lowest BCUT2D eigenvalue weighted by atomic mass is 10.1. The third-order valence-corrected chi connectivity index (χ3v) is 5.00. The van der Waals surface area contributed by atoms with E-state index in [1.54, 1.807) is 36.3 Å². The fourth-order valence-corrected chi connectivity index (χ4v) is 3.27. The molecular formula is C21H24FN3O3. The van der Waals surface area contributed by atoms with E-state index in [2.05, 4.69) is 5.32 Å². The number of para-hydroxylation sites is 2. The first-order valence-electron chi connectivity index (χ1n) is 9.23. The van der Waals surface area contributed by atoms with Crippen molar-refractivity contribution < 1.29 is 18.7 Å². The van der Waals surface area contributed by atoms with Crippen molar-refractivity contribution in [3.63, 3.8) is 0 Å². The average molecular weight is 385 g/mol. The Morgan fingerprint density at radius 3 is 2.36 bits per heavy atom. The molecule has 1 N–H and O–H groups in total. The van der Waals surface area contributed by atoms with Crippen LogP contribution in [0.1, 0.15) is 17.3 Å². The van der Waals surface area contributed by atoms with Crippen LogP contribution < -0.4 is 10.1 Å². The zero-order valence-corrected chi connectivity index (χ0v) is 16.0. The molecular weight excluding hydrogens is 361 g/mol. The van der Waals surface area contributed by atoms with Crippen molar-refractivity contribution in [1.29, 1.82) is 0 Å². The summed E-state index contributed by atoms with van der Waals surface area (Å²) >= 11 is 0. The summed E-state index contributed by atoms with van der Waals surface area (Å²) in [4.78, 5) is 28.8. The molecule has 2 aromatic rings. The Morgan fingerprint density at radius 1 is 1.04 bits per heavy atom. The molecule has 0 aromatic heterocycles. The highest BCUT2D eigenvalue weighted by molar-refractivity contribution is 5.96. The summed E-state index contributed by atoms with van der Waals surface area (Å²) in [6.45, 7) is 3.80. The largest absolute Gasteiger partial charge is 0.495 e. The second-order valence-electron chi connectivity index (χ2n) is 6.67. The molecule has 2 aromatic carbocycles. The number of nitrogens with zero attached hydrogens (tertiary/aromatic N) is 2. The molecule has 1 aliphatic rings. The fraction of sp³-hybridized carbons (Fsp3) is 0.333. The number of hydrogen-bond donors (Lipinski definition) is 1. The summed E-state index contributed by atoms with van der Waals surface area (Å²) in [6, 6.07) is 12.9. The van der Waals surface area contributed by atoms with Gasteiger partial charge in [-0.2, -0.15) is 0 Å².